The highest BCUT2D eigenvalue weighted by Crippen LogP contribution is 2.38. The van der Waals surface area contributed by atoms with Crippen molar-refractivity contribution in [1.82, 2.24) is 9.55 Å². The van der Waals surface area contributed by atoms with Crippen molar-refractivity contribution in [3.05, 3.63) is 29.6 Å². The summed E-state index contributed by atoms with van der Waals surface area (Å²) in [6, 6.07) is 7.01. The Morgan fingerprint density at radius 1 is 1.40 bits per heavy atom. The van der Waals surface area contributed by atoms with E-state index >= 15 is 0 Å². The van der Waals surface area contributed by atoms with Crippen molar-refractivity contribution >= 4 is 22.6 Å². The summed E-state index contributed by atoms with van der Waals surface area (Å²) in [6.07, 6.45) is 3.41. The number of aryl methyl sites for hydroxylation is 2. The zero-order valence-electron chi connectivity index (χ0n) is 12.1. The minimum Gasteiger partial charge on any atom is -0.378 e. The van der Waals surface area contributed by atoms with Crippen molar-refractivity contribution in [3.63, 3.8) is 0 Å². The molecule has 1 fully saturated rings. The largest absolute Gasteiger partial charge is 0.378 e. The molecule has 1 aliphatic rings. The maximum Gasteiger partial charge on any atom is 0.111 e. The lowest BCUT2D eigenvalue weighted by atomic mass is 9.88. The highest BCUT2D eigenvalue weighted by atomic mass is 35.5. The molecule has 0 amide bonds. The summed E-state index contributed by atoms with van der Waals surface area (Å²) >= 11 is 5.93. The van der Waals surface area contributed by atoms with Crippen molar-refractivity contribution in [3.8, 4) is 0 Å². The number of hydrogen-bond acceptors (Lipinski definition) is 2. The second-order valence-corrected chi connectivity index (χ2v) is 5.91. The molecule has 0 bridgehead atoms. The first-order valence-electron chi connectivity index (χ1n) is 7.38. The van der Waals surface area contributed by atoms with E-state index in [1.165, 1.54) is 11.1 Å². The molecule has 108 valence electrons. The summed E-state index contributed by atoms with van der Waals surface area (Å²) in [5.41, 5.74) is 3.57. The van der Waals surface area contributed by atoms with E-state index in [1.807, 2.05) is 0 Å². The van der Waals surface area contributed by atoms with Gasteiger partial charge >= 0.3 is 0 Å². The minimum absolute atomic E-state index is 0.414. The van der Waals surface area contributed by atoms with Gasteiger partial charge in [0.2, 0.25) is 0 Å². The molecule has 1 heterocycles. The van der Waals surface area contributed by atoms with Crippen molar-refractivity contribution in [2.45, 2.75) is 45.3 Å². The standard InChI is InChI=1S/C16H21ClN2O/c1-3-20-13-9-12(10-13)19-15-5-4-11(2)8-14(15)18-16(19)6-7-17/h4-5,8,12-13H,3,6-7,9-10H2,1-2H3. The van der Waals surface area contributed by atoms with Crippen LogP contribution in [0, 0.1) is 6.92 Å². The van der Waals surface area contributed by atoms with Gasteiger partial charge in [-0.1, -0.05) is 6.07 Å². The third-order valence-electron chi connectivity index (χ3n) is 4.07. The van der Waals surface area contributed by atoms with Crippen LogP contribution in [0.3, 0.4) is 0 Å². The molecule has 3 nitrogen and oxygen atoms in total. The second-order valence-electron chi connectivity index (χ2n) is 5.53. The minimum atomic E-state index is 0.414. The van der Waals surface area contributed by atoms with Gasteiger partial charge in [-0.05, 0) is 44.4 Å². The number of imidazole rings is 1. The van der Waals surface area contributed by atoms with Gasteiger partial charge in [0.15, 0.2) is 0 Å². The number of nitrogens with zero attached hydrogens (tertiary/aromatic N) is 2. The van der Waals surface area contributed by atoms with Crippen LogP contribution >= 0.6 is 11.6 Å². The zero-order chi connectivity index (χ0) is 14.1. The molecule has 0 N–H and O–H groups in total. The molecule has 4 heteroatoms. The Morgan fingerprint density at radius 2 is 2.20 bits per heavy atom. The molecule has 0 aliphatic heterocycles. The van der Waals surface area contributed by atoms with Crippen LogP contribution in [0.15, 0.2) is 18.2 Å². The highest BCUT2D eigenvalue weighted by molar-refractivity contribution is 6.17. The van der Waals surface area contributed by atoms with Crippen molar-refractivity contribution in [2.75, 3.05) is 12.5 Å². The number of halogens is 1. The maximum atomic E-state index is 5.93. The smallest absolute Gasteiger partial charge is 0.111 e. The van der Waals surface area contributed by atoms with E-state index in [2.05, 4.69) is 36.6 Å². The van der Waals surface area contributed by atoms with Crippen LogP contribution in [0.25, 0.3) is 11.0 Å². The number of benzene rings is 1. The van der Waals surface area contributed by atoms with Gasteiger partial charge in [-0.25, -0.2) is 4.98 Å². The Kier molecular flexibility index (Phi) is 3.99. The Labute approximate surface area is 124 Å². The van der Waals surface area contributed by atoms with Crippen LogP contribution in [-0.4, -0.2) is 28.1 Å². The summed E-state index contributed by atoms with van der Waals surface area (Å²) in [6.45, 7) is 4.96. The monoisotopic (exact) mass is 292 g/mol. The molecular weight excluding hydrogens is 272 g/mol. The van der Waals surface area contributed by atoms with Gasteiger partial charge in [0.05, 0.1) is 17.1 Å². The molecule has 3 rings (SSSR count). The fraction of sp³-hybridized carbons (Fsp3) is 0.562. The third kappa shape index (κ3) is 2.45. The van der Waals surface area contributed by atoms with Crippen LogP contribution in [0.2, 0.25) is 0 Å². The Morgan fingerprint density at radius 3 is 2.90 bits per heavy atom. The van der Waals surface area contributed by atoms with Gasteiger partial charge in [0, 0.05) is 24.9 Å². The molecule has 1 aromatic heterocycles. The molecule has 1 aliphatic carbocycles. The number of hydrogen-bond donors (Lipinski definition) is 0. The Balaban J connectivity index is 1.93. The van der Waals surface area contributed by atoms with Crippen LogP contribution in [0.1, 0.15) is 37.2 Å². The lowest BCUT2D eigenvalue weighted by molar-refractivity contribution is -0.0192. The predicted octanol–water partition coefficient (Wildman–Crippen LogP) is 3.87. The summed E-state index contributed by atoms with van der Waals surface area (Å²) in [5.74, 6) is 1.73. The van der Waals surface area contributed by atoms with E-state index in [1.54, 1.807) is 0 Å². The average molecular weight is 293 g/mol. The molecule has 0 atom stereocenters. The van der Waals surface area contributed by atoms with Crippen molar-refractivity contribution in [2.24, 2.45) is 0 Å². The lowest BCUT2D eigenvalue weighted by Crippen LogP contribution is -2.34. The van der Waals surface area contributed by atoms with Crippen molar-refractivity contribution < 1.29 is 4.74 Å². The first-order valence-corrected chi connectivity index (χ1v) is 7.91. The molecule has 0 unspecified atom stereocenters. The molecule has 0 radical (unpaired) electrons. The van der Waals surface area contributed by atoms with E-state index in [0.717, 1.165) is 37.2 Å². The second kappa shape index (κ2) is 5.74. The van der Waals surface area contributed by atoms with E-state index in [4.69, 9.17) is 21.3 Å². The van der Waals surface area contributed by atoms with Crippen LogP contribution in [-0.2, 0) is 11.2 Å². The Bertz CT molecular complexity index is 602. The zero-order valence-corrected chi connectivity index (χ0v) is 12.9. The lowest BCUT2D eigenvalue weighted by Gasteiger charge is -2.37. The molecule has 0 saturated heterocycles. The first-order chi connectivity index (χ1) is 9.72. The van der Waals surface area contributed by atoms with Gasteiger partial charge < -0.3 is 9.30 Å². The number of fused-ring (bicyclic) bond motifs is 1. The number of rotatable bonds is 5. The molecule has 0 spiro atoms. The molecule has 2 aromatic rings. The predicted molar refractivity (Wildman–Crippen MR) is 82.6 cm³/mol. The van der Waals surface area contributed by atoms with E-state index < -0.39 is 0 Å². The molecule has 1 saturated carbocycles. The first kappa shape index (κ1) is 13.9. The van der Waals surface area contributed by atoms with Crippen LogP contribution in [0.4, 0.5) is 0 Å². The maximum absolute atomic E-state index is 5.93. The van der Waals surface area contributed by atoms with Gasteiger partial charge in [0.1, 0.15) is 5.82 Å². The molecule has 20 heavy (non-hydrogen) atoms. The summed E-state index contributed by atoms with van der Waals surface area (Å²) in [4.78, 5) is 4.77. The van der Waals surface area contributed by atoms with E-state index in [-0.39, 0.29) is 0 Å². The van der Waals surface area contributed by atoms with Gasteiger partial charge in [-0.3, -0.25) is 0 Å². The van der Waals surface area contributed by atoms with Crippen molar-refractivity contribution in [1.29, 1.82) is 0 Å². The Hall–Kier alpha value is -1.06. The van der Waals surface area contributed by atoms with Crippen LogP contribution < -0.4 is 0 Å². The highest BCUT2D eigenvalue weighted by Gasteiger charge is 2.33. The topological polar surface area (TPSA) is 27.1 Å². The SMILES string of the molecule is CCOC1CC(n2c(CCCl)nc3cc(C)ccc32)C1. The molecular formula is C16H21ClN2O. The number of alkyl halides is 1. The van der Waals surface area contributed by atoms with Crippen LogP contribution in [0.5, 0.6) is 0 Å². The van der Waals surface area contributed by atoms with Gasteiger partial charge in [-0.15, -0.1) is 11.6 Å². The summed E-state index contributed by atoms with van der Waals surface area (Å²) in [7, 11) is 0. The van der Waals surface area contributed by atoms with Gasteiger partial charge in [0.25, 0.3) is 0 Å². The third-order valence-corrected chi connectivity index (χ3v) is 4.26. The molecule has 1 aromatic carbocycles. The number of ether oxygens (including phenoxy) is 1. The average Bonchev–Trinajstić information content (AvgIpc) is 2.71. The fourth-order valence-electron chi connectivity index (χ4n) is 3.05. The fourth-order valence-corrected chi connectivity index (χ4v) is 3.22. The quantitative estimate of drug-likeness (QED) is 0.782. The van der Waals surface area contributed by atoms with Gasteiger partial charge in [-0.2, -0.15) is 0 Å². The van der Waals surface area contributed by atoms with E-state index in [0.29, 0.717) is 18.0 Å². The normalized spacial score (nSPS) is 22.1. The summed E-state index contributed by atoms with van der Waals surface area (Å²) < 4.78 is 8.06. The van der Waals surface area contributed by atoms with E-state index in [9.17, 15) is 0 Å². The number of aromatic nitrogens is 2. The summed E-state index contributed by atoms with van der Waals surface area (Å²) in [5, 5.41) is 0.